The van der Waals surface area contributed by atoms with Crippen LogP contribution in [0.4, 0.5) is 0 Å². The van der Waals surface area contributed by atoms with Crippen molar-refractivity contribution in [1.29, 1.82) is 0 Å². The van der Waals surface area contributed by atoms with Gasteiger partial charge in [0, 0.05) is 16.1 Å². The van der Waals surface area contributed by atoms with Crippen molar-refractivity contribution in [2.45, 2.75) is 6.61 Å². The van der Waals surface area contributed by atoms with Gasteiger partial charge < -0.3 is 14.2 Å². The summed E-state index contributed by atoms with van der Waals surface area (Å²) >= 11 is 5.88. The van der Waals surface area contributed by atoms with Crippen molar-refractivity contribution in [3.63, 3.8) is 0 Å². The summed E-state index contributed by atoms with van der Waals surface area (Å²) in [5.74, 6) is 1.61. The van der Waals surface area contributed by atoms with Gasteiger partial charge in [-0.25, -0.2) is 5.43 Å². The molecule has 3 rings (SSSR count). The number of hydrogen-bond acceptors (Lipinski definition) is 5. The van der Waals surface area contributed by atoms with Crippen LogP contribution in [0.1, 0.15) is 21.5 Å². The van der Waals surface area contributed by atoms with E-state index in [2.05, 4.69) is 10.5 Å². The van der Waals surface area contributed by atoms with Crippen LogP contribution in [0.3, 0.4) is 0 Å². The molecule has 1 amide bonds. The minimum Gasteiger partial charge on any atom is -0.497 e. The molecule has 30 heavy (non-hydrogen) atoms. The first-order chi connectivity index (χ1) is 14.6. The fourth-order valence-electron chi connectivity index (χ4n) is 2.62. The largest absolute Gasteiger partial charge is 0.497 e. The van der Waals surface area contributed by atoms with Crippen LogP contribution >= 0.6 is 11.6 Å². The highest BCUT2D eigenvalue weighted by atomic mass is 35.5. The molecule has 0 atom stereocenters. The number of carbonyl (C=O) groups is 1. The summed E-state index contributed by atoms with van der Waals surface area (Å²) in [7, 11) is 3.14. The molecule has 0 saturated carbocycles. The third kappa shape index (κ3) is 5.75. The quantitative estimate of drug-likeness (QED) is 0.420. The number of amides is 1. The van der Waals surface area contributed by atoms with E-state index in [9.17, 15) is 4.79 Å². The van der Waals surface area contributed by atoms with Gasteiger partial charge >= 0.3 is 0 Å². The monoisotopic (exact) mass is 424 g/mol. The number of hydrogen-bond donors (Lipinski definition) is 1. The maximum Gasteiger partial charge on any atom is 0.271 e. The number of nitrogens with one attached hydrogen (secondary N) is 1. The van der Waals surface area contributed by atoms with Crippen LogP contribution in [0.15, 0.2) is 71.8 Å². The summed E-state index contributed by atoms with van der Waals surface area (Å²) in [6.45, 7) is 0.412. The summed E-state index contributed by atoms with van der Waals surface area (Å²) in [6, 6.07) is 19.6. The zero-order valence-corrected chi connectivity index (χ0v) is 17.3. The predicted octanol–water partition coefficient (Wildman–Crippen LogP) is 4.70. The molecule has 0 aromatic heterocycles. The normalized spacial score (nSPS) is 10.6. The number of hydrazone groups is 1. The molecule has 154 valence electrons. The molecule has 0 saturated heterocycles. The Bertz CT molecular complexity index is 1020. The Labute approximate surface area is 180 Å². The van der Waals surface area contributed by atoms with Gasteiger partial charge in [-0.2, -0.15) is 5.10 Å². The van der Waals surface area contributed by atoms with Crippen molar-refractivity contribution >= 4 is 23.7 Å². The molecule has 0 aliphatic heterocycles. The second-order valence-corrected chi connectivity index (χ2v) is 6.68. The number of carbonyl (C=O) groups excluding carboxylic acids is 1. The Kier molecular flexibility index (Phi) is 7.29. The van der Waals surface area contributed by atoms with E-state index in [4.69, 9.17) is 25.8 Å². The Morgan fingerprint density at radius 1 is 0.967 bits per heavy atom. The first kappa shape index (κ1) is 21.2. The maximum absolute atomic E-state index is 12.3. The van der Waals surface area contributed by atoms with E-state index in [1.165, 1.54) is 6.21 Å². The third-order valence-corrected chi connectivity index (χ3v) is 4.49. The average molecular weight is 425 g/mol. The molecule has 0 aliphatic carbocycles. The van der Waals surface area contributed by atoms with Gasteiger partial charge in [0.05, 0.1) is 20.4 Å². The highest BCUT2D eigenvalue weighted by Gasteiger charge is 2.06. The van der Waals surface area contributed by atoms with Crippen molar-refractivity contribution in [3.05, 3.63) is 88.4 Å². The SMILES string of the molecule is COc1ccc(OC)c(C=NNC(=O)c2ccc(OCc3ccc(Cl)cc3)cc2)c1. The summed E-state index contributed by atoms with van der Waals surface area (Å²) in [4.78, 5) is 12.3. The molecule has 0 spiro atoms. The first-order valence-corrected chi connectivity index (χ1v) is 9.49. The Balaban J connectivity index is 1.57. The summed E-state index contributed by atoms with van der Waals surface area (Å²) in [6.07, 6.45) is 1.50. The molecule has 1 N–H and O–H groups in total. The van der Waals surface area contributed by atoms with Crippen molar-refractivity contribution in [1.82, 2.24) is 5.43 Å². The average Bonchev–Trinajstić information content (AvgIpc) is 2.79. The van der Waals surface area contributed by atoms with Gasteiger partial charge in [-0.15, -0.1) is 0 Å². The van der Waals surface area contributed by atoms with Crippen LogP contribution in [-0.2, 0) is 6.61 Å². The van der Waals surface area contributed by atoms with Crippen LogP contribution in [-0.4, -0.2) is 26.3 Å². The number of halogens is 1. The van der Waals surface area contributed by atoms with Gasteiger partial charge in [-0.1, -0.05) is 23.7 Å². The fourth-order valence-corrected chi connectivity index (χ4v) is 2.74. The van der Waals surface area contributed by atoms with E-state index < -0.39 is 0 Å². The lowest BCUT2D eigenvalue weighted by atomic mass is 10.2. The third-order valence-electron chi connectivity index (χ3n) is 4.24. The van der Waals surface area contributed by atoms with Gasteiger partial charge in [0.2, 0.25) is 0 Å². The molecule has 3 aromatic carbocycles. The number of nitrogens with zero attached hydrogens (tertiary/aromatic N) is 1. The molecule has 3 aromatic rings. The van der Waals surface area contributed by atoms with Crippen LogP contribution in [0.25, 0.3) is 0 Å². The standard InChI is InChI=1S/C23H21ClN2O4/c1-28-21-11-12-22(29-2)18(13-21)14-25-26-23(27)17-5-9-20(10-6-17)30-15-16-3-7-19(24)8-4-16/h3-14H,15H2,1-2H3,(H,26,27). The van der Waals surface area contributed by atoms with Crippen molar-refractivity contribution in [2.75, 3.05) is 14.2 Å². The van der Waals surface area contributed by atoms with E-state index in [-0.39, 0.29) is 5.91 Å². The fraction of sp³-hybridized carbons (Fsp3) is 0.130. The van der Waals surface area contributed by atoms with E-state index >= 15 is 0 Å². The first-order valence-electron chi connectivity index (χ1n) is 9.12. The van der Waals surface area contributed by atoms with Crippen LogP contribution in [0.5, 0.6) is 17.2 Å². The minimum atomic E-state index is -0.336. The second kappa shape index (κ2) is 10.3. The number of rotatable bonds is 8. The van der Waals surface area contributed by atoms with Crippen LogP contribution < -0.4 is 19.6 Å². The van der Waals surface area contributed by atoms with E-state index in [1.54, 1.807) is 56.7 Å². The smallest absolute Gasteiger partial charge is 0.271 e. The van der Waals surface area contributed by atoms with Gasteiger partial charge in [-0.3, -0.25) is 4.79 Å². The number of ether oxygens (including phenoxy) is 3. The van der Waals surface area contributed by atoms with Gasteiger partial charge in [0.25, 0.3) is 5.91 Å². The summed E-state index contributed by atoms with van der Waals surface area (Å²) < 4.78 is 16.2. The topological polar surface area (TPSA) is 69.2 Å². The molecule has 0 bridgehead atoms. The molecular formula is C23H21ClN2O4. The summed E-state index contributed by atoms with van der Waals surface area (Å²) in [5.41, 5.74) is 4.65. The number of methoxy groups -OCH3 is 2. The molecule has 6 nitrogen and oxygen atoms in total. The molecule has 0 heterocycles. The van der Waals surface area contributed by atoms with E-state index in [1.807, 2.05) is 24.3 Å². The minimum absolute atomic E-state index is 0.336. The van der Waals surface area contributed by atoms with Crippen molar-refractivity contribution in [2.24, 2.45) is 5.10 Å². The molecule has 0 fully saturated rings. The number of benzene rings is 3. The van der Waals surface area contributed by atoms with Gasteiger partial charge in [0.1, 0.15) is 23.9 Å². The zero-order chi connectivity index (χ0) is 21.3. The lowest BCUT2D eigenvalue weighted by Crippen LogP contribution is -2.17. The lowest BCUT2D eigenvalue weighted by Gasteiger charge is -2.08. The molecule has 0 unspecified atom stereocenters. The highest BCUT2D eigenvalue weighted by Crippen LogP contribution is 2.22. The van der Waals surface area contributed by atoms with Crippen LogP contribution in [0.2, 0.25) is 5.02 Å². The van der Waals surface area contributed by atoms with E-state index in [0.717, 1.165) is 5.56 Å². The predicted molar refractivity (Wildman–Crippen MR) is 117 cm³/mol. The molecule has 0 radical (unpaired) electrons. The second-order valence-electron chi connectivity index (χ2n) is 6.25. The van der Waals surface area contributed by atoms with Crippen molar-refractivity contribution in [3.8, 4) is 17.2 Å². The highest BCUT2D eigenvalue weighted by molar-refractivity contribution is 6.30. The van der Waals surface area contributed by atoms with Crippen LogP contribution in [0, 0.1) is 0 Å². The van der Waals surface area contributed by atoms with Crippen molar-refractivity contribution < 1.29 is 19.0 Å². The van der Waals surface area contributed by atoms with Gasteiger partial charge in [-0.05, 0) is 60.2 Å². The Morgan fingerprint density at radius 3 is 2.33 bits per heavy atom. The Morgan fingerprint density at radius 2 is 1.67 bits per heavy atom. The Hall–Kier alpha value is -3.51. The molecular weight excluding hydrogens is 404 g/mol. The zero-order valence-electron chi connectivity index (χ0n) is 16.6. The maximum atomic E-state index is 12.3. The lowest BCUT2D eigenvalue weighted by molar-refractivity contribution is 0.0955. The molecule has 0 aliphatic rings. The van der Waals surface area contributed by atoms with E-state index in [0.29, 0.717) is 40.0 Å². The van der Waals surface area contributed by atoms with Gasteiger partial charge in [0.15, 0.2) is 0 Å². The molecule has 7 heteroatoms. The summed E-state index contributed by atoms with van der Waals surface area (Å²) in [5, 5.41) is 4.69.